The Labute approximate surface area is 78.2 Å². The van der Waals surface area contributed by atoms with E-state index in [1.807, 2.05) is 25.1 Å². The molecule has 0 bridgehead atoms. The van der Waals surface area contributed by atoms with E-state index in [2.05, 4.69) is 11.8 Å². The Morgan fingerprint density at radius 3 is 2.85 bits per heavy atom. The van der Waals surface area contributed by atoms with Gasteiger partial charge in [0.25, 0.3) is 0 Å². The molecule has 0 saturated carbocycles. The van der Waals surface area contributed by atoms with Crippen LogP contribution in [0.15, 0.2) is 18.2 Å². The summed E-state index contributed by atoms with van der Waals surface area (Å²) < 4.78 is 5.14. The summed E-state index contributed by atoms with van der Waals surface area (Å²) in [5.41, 5.74) is 1.94. The molecule has 0 aliphatic rings. The Bertz CT molecular complexity index is 345. The summed E-state index contributed by atoms with van der Waals surface area (Å²) in [5.74, 6) is 6.15. The van der Waals surface area contributed by atoms with Gasteiger partial charge in [0.2, 0.25) is 0 Å². The number of aryl methyl sites for hydroxylation is 1. The van der Waals surface area contributed by atoms with Gasteiger partial charge in [0.1, 0.15) is 12.4 Å². The zero-order chi connectivity index (χ0) is 9.68. The number of hydrogen-bond acceptors (Lipinski definition) is 2. The second kappa shape index (κ2) is 4.54. The molecule has 0 aliphatic carbocycles. The quantitative estimate of drug-likeness (QED) is 0.654. The molecule has 2 nitrogen and oxygen atoms in total. The van der Waals surface area contributed by atoms with Crippen LogP contribution in [0.4, 0.5) is 0 Å². The maximum absolute atomic E-state index is 8.53. The van der Waals surface area contributed by atoms with Crippen molar-refractivity contribution < 1.29 is 9.84 Å². The van der Waals surface area contributed by atoms with Crippen LogP contribution in [-0.4, -0.2) is 18.8 Å². The van der Waals surface area contributed by atoms with Crippen molar-refractivity contribution in [3.8, 4) is 17.6 Å². The van der Waals surface area contributed by atoms with Crippen molar-refractivity contribution in [2.45, 2.75) is 6.92 Å². The second-order valence-corrected chi connectivity index (χ2v) is 2.66. The van der Waals surface area contributed by atoms with Crippen LogP contribution >= 0.6 is 0 Å². The molecule has 0 aromatic heterocycles. The minimum Gasteiger partial charge on any atom is -0.495 e. The van der Waals surface area contributed by atoms with E-state index in [0.717, 1.165) is 16.9 Å². The molecule has 1 N–H and O–H groups in total. The summed E-state index contributed by atoms with van der Waals surface area (Å²) in [6.07, 6.45) is 0. The van der Waals surface area contributed by atoms with Gasteiger partial charge in [0, 0.05) is 0 Å². The summed E-state index contributed by atoms with van der Waals surface area (Å²) in [5, 5.41) is 8.53. The van der Waals surface area contributed by atoms with Crippen molar-refractivity contribution >= 4 is 0 Å². The van der Waals surface area contributed by atoms with Crippen LogP contribution in [-0.2, 0) is 0 Å². The lowest BCUT2D eigenvalue weighted by atomic mass is 10.1. The lowest BCUT2D eigenvalue weighted by molar-refractivity contribution is 0.350. The molecule has 0 fully saturated rings. The van der Waals surface area contributed by atoms with Gasteiger partial charge in [-0.3, -0.25) is 0 Å². The van der Waals surface area contributed by atoms with Crippen LogP contribution in [0, 0.1) is 18.8 Å². The molecule has 1 rings (SSSR count). The van der Waals surface area contributed by atoms with Crippen molar-refractivity contribution in [2.24, 2.45) is 0 Å². The fourth-order valence-corrected chi connectivity index (χ4v) is 1.04. The molecule has 0 unspecified atom stereocenters. The van der Waals surface area contributed by atoms with Gasteiger partial charge in [-0.15, -0.1) is 0 Å². The van der Waals surface area contributed by atoms with Gasteiger partial charge >= 0.3 is 0 Å². The third-order valence-corrected chi connectivity index (χ3v) is 1.66. The summed E-state index contributed by atoms with van der Waals surface area (Å²) in [6.45, 7) is 1.86. The van der Waals surface area contributed by atoms with Gasteiger partial charge in [-0.2, -0.15) is 0 Å². The van der Waals surface area contributed by atoms with Gasteiger partial charge in [-0.05, 0) is 24.6 Å². The molecule has 0 saturated heterocycles. The maximum atomic E-state index is 8.53. The highest BCUT2D eigenvalue weighted by Crippen LogP contribution is 2.18. The third kappa shape index (κ3) is 2.50. The zero-order valence-electron chi connectivity index (χ0n) is 7.79. The minimum absolute atomic E-state index is 0.128. The average molecular weight is 176 g/mol. The monoisotopic (exact) mass is 176 g/mol. The Kier molecular flexibility index (Phi) is 3.36. The smallest absolute Gasteiger partial charge is 0.134 e. The first-order valence-corrected chi connectivity index (χ1v) is 4.02. The van der Waals surface area contributed by atoms with E-state index in [9.17, 15) is 0 Å². The molecule has 1 aromatic carbocycles. The van der Waals surface area contributed by atoms with Gasteiger partial charge < -0.3 is 9.84 Å². The number of aliphatic hydroxyl groups excluding tert-OH is 1. The topological polar surface area (TPSA) is 29.5 Å². The van der Waals surface area contributed by atoms with Gasteiger partial charge in [0.15, 0.2) is 0 Å². The standard InChI is InChI=1S/C11H12O2/c1-9-5-6-10(4-3-7-12)11(8-9)13-2/h5-6,8,12H,7H2,1-2H3. The van der Waals surface area contributed by atoms with Crippen LogP contribution in [0.5, 0.6) is 5.75 Å². The van der Waals surface area contributed by atoms with E-state index >= 15 is 0 Å². The Morgan fingerprint density at radius 1 is 1.46 bits per heavy atom. The normalized spacial score (nSPS) is 8.85. The van der Waals surface area contributed by atoms with Gasteiger partial charge in [0.05, 0.1) is 12.7 Å². The lowest BCUT2D eigenvalue weighted by Gasteiger charge is -2.03. The van der Waals surface area contributed by atoms with Crippen LogP contribution in [0.25, 0.3) is 0 Å². The van der Waals surface area contributed by atoms with Crippen molar-refractivity contribution in [1.29, 1.82) is 0 Å². The highest BCUT2D eigenvalue weighted by Gasteiger charge is 1.98. The zero-order valence-corrected chi connectivity index (χ0v) is 7.79. The number of benzene rings is 1. The Balaban J connectivity index is 3.06. The van der Waals surface area contributed by atoms with Crippen LogP contribution in [0.1, 0.15) is 11.1 Å². The molecule has 2 heteroatoms. The van der Waals surface area contributed by atoms with E-state index in [4.69, 9.17) is 9.84 Å². The second-order valence-electron chi connectivity index (χ2n) is 2.66. The molecule has 0 heterocycles. The highest BCUT2D eigenvalue weighted by molar-refractivity contribution is 5.47. The summed E-state index contributed by atoms with van der Waals surface area (Å²) in [4.78, 5) is 0. The third-order valence-electron chi connectivity index (χ3n) is 1.66. The molecule has 0 radical (unpaired) electrons. The van der Waals surface area contributed by atoms with Crippen LogP contribution < -0.4 is 4.74 Å². The molecular weight excluding hydrogens is 164 g/mol. The number of aliphatic hydroxyl groups is 1. The first-order chi connectivity index (χ1) is 6.27. The Morgan fingerprint density at radius 2 is 2.23 bits per heavy atom. The number of hydrogen-bond donors (Lipinski definition) is 1. The van der Waals surface area contributed by atoms with E-state index in [-0.39, 0.29) is 6.61 Å². The molecular formula is C11H12O2. The summed E-state index contributed by atoms with van der Waals surface area (Å²) in [6, 6.07) is 5.77. The minimum atomic E-state index is -0.128. The number of rotatable bonds is 1. The number of methoxy groups -OCH3 is 1. The molecule has 0 atom stereocenters. The van der Waals surface area contributed by atoms with Crippen LogP contribution in [0.2, 0.25) is 0 Å². The average Bonchev–Trinajstić information content (AvgIpc) is 2.16. The molecule has 1 aromatic rings. The molecule has 0 aliphatic heterocycles. The van der Waals surface area contributed by atoms with E-state index < -0.39 is 0 Å². The van der Waals surface area contributed by atoms with Crippen molar-refractivity contribution in [3.05, 3.63) is 29.3 Å². The van der Waals surface area contributed by atoms with Gasteiger partial charge in [-0.25, -0.2) is 0 Å². The first kappa shape index (κ1) is 9.63. The fraction of sp³-hybridized carbons (Fsp3) is 0.273. The summed E-state index contributed by atoms with van der Waals surface area (Å²) >= 11 is 0. The largest absolute Gasteiger partial charge is 0.495 e. The van der Waals surface area contributed by atoms with E-state index in [0.29, 0.717) is 0 Å². The molecule has 68 valence electrons. The molecule has 13 heavy (non-hydrogen) atoms. The highest BCUT2D eigenvalue weighted by atomic mass is 16.5. The first-order valence-electron chi connectivity index (χ1n) is 4.02. The lowest BCUT2D eigenvalue weighted by Crippen LogP contribution is -1.88. The van der Waals surface area contributed by atoms with E-state index in [1.165, 1.54) is 0 Å². The molecule has 0 spiro atoms. The SMILES string of the molecule is COc1cc(C)ccc1C#CCO. The molecule has 0 amide bonds. The maximum Gasteiger partial charge on any atom is 0.134 e. The van der Waals surface area contributed by atoms with Crippen LogP contribution in [0.3, 0.4) is 0 Å². The van der Waals surface area contributed by atoms with Crippen molar-refractivity contribution in [3.63, 3.8) is 0 Å². The number of ether oxygens (including phenoxy) is 1. The predicted octanol–water partition coefficient (Wildman–Crippen LogP) is 1.35. The Hall–Kier alpha value is -1.46. The van der Waals surface area contributed by atoms with E-state index in [1.54, 1.807) is 7.11 Å². The predicted molar refractivity (Wildman–Crippen MR) is 51.7 cm³/mol. The fourth-order valence-electron chi connectivity index (χ4n) is 1.04. The van der Waals surface area contributed by atoms with Crippen molar-refractivity contribution in [1.82, 2.24) is 0 Å². The van der Waals surface area contributed by atoms with Gasteiger partial charge in [-0.1, -0.05) is 17.9 Å². The summed E-state index contributed by atoms with van der Waals surface area (Å²) in [7, 11) is 1.61. The van der Waals surface area contributed by atoms with Crippen molar-refractivity contribution in [2.75, 3.05) is 13.7 Å².